The van der Waals surface area contributed by atoms with Crippen LogP contribution in [0.25, 0.3) is 0 Å². The molecule has 1 aromatic carbocycles. The van der Waals surface area contributed by atoms with Crippen molar-refractivity contribution in [1.29, 1.82) is 0 Å². The Kier molecular flexibility index (Phi) is 4.62. The number of alkyl halides is 2. The van der Waals surface area contributed by atoms with Crippen LogP contribution >= 0.6 is 11.6 Å². The first kappa shape index (κ1) is 13.3. The molecule has 0 aromatic heterocycles. The maximum Gasteiger partial charge on any atom is 0.286 e. The molecule has 90 valence electrons. The summed E-state index contributed by atoms with van der Waals surface area (Å²) >= 11 is 5.58. The van der Waals surface area contributed by atoms with E-state index in [0.717, 1.165) is 24.6 Å². The van der Waals surface area contributed by atoms with E-state index in [2.05, 4.69) is 5.32 Å². The Morgan fingerprint density at radius 1 is 1.38 bits per heavy atom. The average Bonchev–Trinajstić information content (AvgIpc) is 2.17. The molecule has 1 aromatic rings. The lowest BCUT2D eigenvalue weighted by Gasteiger charge is -2.18. The summed E-state index contributed by atoms with van der Waals surface area (Å²) in [6, 6.07) is 2.89. The van der Waals surface area contributed by atoms with E-state index < -0.39 is 18.3 Å². The van der Waals surface area contributed by atoms with Gasteiger partial charge in [-0.1, -0.05) is 18.5 Å². The molecule has 0 radical (unpaired) electrons. The second kappa shape index (κ2) is 5.55. The average molecular weight is 252 g/mol. The van der Waals surface area contributed by atoms with Gasteiger partial charge in [-0.2, -0.15) is 8.78 Å². The quantitative estimate of drug-likeness (QED) is 0.789. The van der Waals surface area contributed by atoms with Gasteiger partial charge in [0.15, 0.2) is 0 Å². The third kappa shape index (κ3) is 3.39. The fraction of sp³-hybridized carbons (Fsp3) is 0.455. The molecular weight excluding hydrogens is 239 g/mol. The zero-order valence-electron chi connectivity index (χ0n) is 8.87. The number of halogens is 4. The summed E-state index contributed by atoms with van der Waals surface area (Å²) in [5.41, 5.74) is -0.348. The maximum absolute atomic E-state index is 13.6. The highest BCUT2D eigenvalue weighted by molar-refractivity contribution is 6.31. The molecule has 1 rings (SSSR count). The standard InChI is InChI=1S/C11H13ClF3N/c1-2-5-16-7-11(14,15)9-4-3-8(13)6-10(9)12/h3-4,6,16H,2,5,7H2,1H3. The number of hydrogen-bond donors (Lipinski definition) is 1. The Morgan fingerprint density at radius 3 is 2.62 bits per heavy atom. The van der Waals surface area contributed by atoms with Crippen molar-refractivity contribution in [1.82, 2.24) is 5.32 Å². The summed E-state index contributed by atoms with van der Waals surface area (Å²) in [4.78, 5) is 0. The summed E-state index contributed by atoms with van der Waals surface area (Å²) < 4.78 is 39.9. The fourth-order valence-electron chi connectivity index (χ4n) is 1.30. The molecule has 0 bridgehead atoms. The van der Waals surface area contributed by atoms with Crippen LogP contribution in [0.1, 0.15) is 18.9 Å². The Balaban J connectivity index is 2.80. The van der Waals surface area contributed by atoms with Gasteiger partial charge in [-0.25, -0.2) is 4.39 Å². The van der Waals surface area contributed by atoms with Crippen LogP contribution in [0.2, 0.25) is 5.02 Å². The maximum atomic E-state index is 13.6. The van der Waals surface area contributed by atoms with Crippen LogP contribution in [0.5, 0.6) is 0 Å². The van der Waals surface area contributed by atoms with E-state index >= 15 is 0 Å². The fourth-order valence-corrected chi connectivity index (χ4v) is 1.61. The predicted octanol–water partition coefficient (Wildman–Crippen LogP) is 3.57. The lowest BCUT2D eigenvalue weighted by molar-refractivity contribution is -0.00284. The molecule has 0 fully saturated rings. The van der Waals surface area contributed by atoms with Crippen molar-refractivity contribution in [3.63, 3.8) is 0 Å². The van der Waals surface area contributed by atoms with Crippen LogP contribution < -0.4 is 5.32 Å². The Labute approximate surface area is 97.6 Å². The van der Waals surface area contributed by atoms with Gasteiger partial charge in [-0.3, -0.25) is 0 Å². The first-order chi connectivity index (χ1) is 7.47. The summed E-state index contributed by atoms with van der Waals surface area (Å²) in [6.07, 6.45) is 0.771. The molecule has 1 N–H and O–H groups in total. The van der Waals surface area contributed by atoms with Gasteiger partial charge in [-0.15, -0.1) is 0 Å². The second-order valence-corrected chi connectivity index (χ2v) is 3.91. The van der Waals surface area contributed by atoms with Crippen LogP contribution in [0.4, 0.5) is 13.2 Å². The van der Waals surface area contributed by atoms with Crippen molar-refractivity contribution in [3.05, 3.63) is 34.6 Å². The molecule has 5 heteroatoms. The van der Waals surface area contributed by atoms with Gasteiger partial charge in [0.1, 0.15) is 5.82 Å². The largest absolute Gasteiger partial charge is 0.311 e. The minimum Gasteiger partial charge on any atom is -0.311 e. The van der Waals surface area contributed by atoms with Crippen molar-refractivity contribution < 1.29 is 13.2 Å². The Morgan fingerprint density at radius 2 is 2.06 bits per heavy atom. The number of hydrogen-bond acceptors (Lipinski definition) is 1. The minimum atomic E-state index is -3.08. The van der Waals surface area contributed by atoms with Gasteiger partial charge in [0, 0.05) is 5.56 Å². The summed E-state index contributed by atoms with van der Waals surface area (Å²) in [5.74, 6) is -3.70. The van der Waals surface area contributed by atoms with Crippen LogP contribution in [0.15, 0.2) is 18.2 Å². The molecule has 16 heavy (non-hydrogen) atoms. The van der Waals surface area contributed by atoms with Gasteiger partial charge in [-0.05, 0) is 31.2 Å². The third-order valence-electron chi connectivity index (χ3n) is 2.10. The lowest BCUT2D eigenvalue weighted by atomic mass is 10.1. The van der Waals surface area contributed by atoms with Gasteiger partial charge in [0.25, 0.3) is 5.92 Å². The summed E-state index contributed by atoms with van der Waals surface area (Å²) in [7, 11) is 0. The van der Waals surface area contributed by atoms with Crippen molar-refractivity contribution in [3.8, 4) is 0 Å². The van der Waals surface area contributed by atoms with Crippen molar-refractivity contribution in [2.75, 3.05) is 13.1 Å². The summed E-state index contributed by atoms with van der Waals surface area (Å²) in [6.45, 7) is 1.90. The highest BCUT2D eigenvalue weighted by atomic mass is 35.5. The number of benzene rings is 1. The highest BCUT2D eigenvalue weighted by Crippen LogP contribution is 2.33. The molecule has 0 amide bonds. The van der Waals surface area contributed by atoms with E-state index in [1.165, 1.54) is 0 Å². The zero-order chi connectivity index (χ0) is 12.2. The predicted molar refractivity (Wildman–Crippen MR) is 58.5 cm³/mol. The normalized spacial score (nSPS) is 11.8. The molecule has 0 aliphatic heterocycles. The van der Waals surface area contributed by atoms with Gasteiger partial charge in [0.2, 0.25) is 0 Å². The lowest BCUT2D eigenvalue weighted by Crippen LogP contribution is -2.31. The van der Waals surface area contributed by atoms with Crippen molar-refractivity contribution >= 4 is 11.6 Å². The molecule has 0 heterocycles. The summed E-state index contributed by atoms with van der Waals surface area (Å²) in [5, 5.41) is 2.37. The van der Waals surface area contributed by atoms with E-state index in [-0.39, 0.29) is 10.6 Å². The molecule has 0 saturated heterocycles. The second-order valence-electron chi connectivity index (χ2n) is 3.51. The molecule has 0 aliphatic carbocycles. The minimum absolute atomic E-state index is 0.247. The van der Waals surface area contributed by atoms with E-state index in [0.29, 0.717) is 6.54 Å². The molecule has 0 unspecified atom stereocenters. The molecule has 0 spiro atoms. The van der Waals surface area contributed by atoms with Crippen LogP contribution in [0.3, 0.4) is 0 Å². The first-order valence-corrected chi connectivity index (χ1v) is 5.39. The van der Waals surface area contributed by atoms with Crippen LogP contribution in [0, 0.1) is 5.82 Å². The Hall–Kier alpha value is -0.740. The van der Waals surface area contributed by atoms with Crippen molar-refractivity contribution in [2.45, 2.75) is 19.3 Å². The van der Waals surface area contributed by atoms with Crippen LogP contribution in [-0.2, 0) is 5.92 Å². The van der Waals surface area contributed by atoms with E-state index in [4.69, 9.17) is 11.6 Å². The zero-order valence-corrected chi connectivity index (χ0v) is 9.62. The molecule has 0 aliphatic rings. The smallest absolute Gasteiger partial charge is 0.286 e. The molecule has 1 nitrogen and oxygen atoms in total. The van der Waals surface area contributed by atoms with E-state index in [1.807, 2.05) is 6.92 Å². The van der Waals surface area contributed by atoms with E-state index in [9.17, 15) is 13.2 Å². The molecule has 0 saturated carbocycles. The third-order valence-corrected chi connectivity index (χ3v) is 2.41. The monoisotopic (exact) mass is 251 g/mol. The SMILES string of the molecule is CCCNCC(F)(F)c1ccc(F)cc1Cl. The first-order valence-electron chi connectivity index (χ1n) is 5.01. The molecule has 0 atom stereocenters. The van der Waals surface area contributed by atoms with Crippen LogP contribution in [-0.4, -0.2) is 13.1 Å². The van der Waals surface area contributed by atoms with Gasteiger partial charge < -0.3 is 5.32 Å². The van der Waals surface area contributed by atoms with Crippen molar-refractivity contribution in [2.24, 2.45) is 0 Å². The number of nitrogens with one attached hydrogen (secondary N) is 1. The van der Waals surface area contributed by atoms with Gasteiger partial charge in [0.05, 0.1) is 11.6 Å². The number of rotatable bonds is 5. The van der Waals surface area contributed by atoms with Gasteiger partial charge >= 0.3 is 0 Å². The van der Waals surface area contributed by atoms with E-state index in [1.54, 1.807) is 0 Å². The molecular formula is C11H13ClF3N. The highest BCUT2D eigenvalue weighted by Gasteiger charge is 2.33. The topological polar surface area (TPSA) is 12.0 Å². The Bertz CT molecular complexity index is 355.